The predicted molar refractivity (Wildman–Crippen MR) is 58.1 cm³/mol. The highest BCUT2D eigenvalue weighted by molar-refractivity contribution is 5.42. The average molecular weight is 188 g/mol. The smallest absolute Gasteiger partial charge is 0.0840 e. The van der Waals surface area contributed by atoms with E-state index in [1.807, 2.05) is 13.8 Å². The SMILES string of the molecule is Cc1cc(C)c(C(C#N)CN)c(C)c1. The second kappa shape index (κ2) is 4.26. The van der Waals surface area contributed by atoms with Crippen LogP contribution in [0.2, 0.25) is 0 Å². The Morgan fingerprint density at radius 1 is 1.29 bits per heavy atom. The number of benzene rings is 1. The molecule has 1 rings (SSSR count). The van der Waals surface area contributed by atoms with Crippen LogP contribution in [0.4, 0.5) is 0 Å². The summed E-state index contributed by atoms with van der Waals surface area (Å²) in [6.45, 7) is 6.53. The van der Waals surface area contributed by atoms with Gasteiger partial charge < -0.3 is 5.73 Å². The molecular weight excluding hydrogens is 172 g/mol. The predicted octanol–water partition coefficient (Wildman–Crippen LogP) is 2.18. The number of hydrogen-bond acceptors (Lipinski definition) is 2. The fourth-order valence-electron chi connectivity index (χ4n) is 1.98. The molecule has 2 N–H and O–H groups in total. The van der Waals surface area contributed by atoms with Crippen molar-refractivity contribution in [3.05, 3.63) is 34.4 Å². The van der Waals surface area contributed by atoms with E-state index in [0.29, 0.717) is 6.54 Å². The summed E-state index contributed by atoms with van der Waals surface area (Å²) in [4.78, 5) is 0. The maximum Gasteiger partial charge on any atom is 0.0840 e. The molecule has 0 saturated heterocycles. The van der Waals surface area contributed by atoms with Crippen molar-refractivity contribution in [3.8, 4) is 6.07 Å². The van der Waals surface area contributed by atoms with Gasteiger partial charge in [-0.05, 0) is 37.5 Å². The molecule has 0 spiro atoms. The lowest BCUT2D eigenvalue weighted by Crippen LogP contribution is -2.13. The van der Waals surface area contributed by atoms with Gasteiger partial charge in [-0.25, -0.2) is 0 Å². The van der Waals surface area contributed by atoms with Crippen molar-refractivity contribution in [2.24, 2.45) is 5.73 Å². The maximum absolute atomic E-state index is 8.97. The lowest BCUT2D eigenvalue weighted by atomic mass is 9.90. The molecule has 1 aromatic carbocycles. The topological polar surface area (TPSA) is 49.8 Å². The van der Waals surface area contributed by atoms with Crippen LogP contribution in [0, 0.1) is 32.1 Å². The van der Waals surface area contributed by atoms with Crippen molar-refractivity contribution in [2.75, 3.05) is 6.54 Å². The Morgan fingerprint density at radius 3 is 2.14 bits per heavy atom. The minimum absolute atomic E-state index is 0.171. The van der Waals surface area contributed by atoms with Crippen LogP contribution in [0.15, 0.2) is 12.1 Å². The molecule has 1 unspecified atom stereocenters. The van der Waals surface area contributed by atoms with Crippen LogP contribution in [0.25, 0.3) is 0 Å². The second-order valence-electron chi connectivity index (χ2n) is 3.73. The van der Waals surface area contributed by atoms with E-state index in [0.717, 1.165) is 5.56 Å². The van der Waals surface area contributed by atoms with Crippen molar-refractivity contribution in [3.63, 3.8) is 0 Å². The Hall–Kier alpha value is -1.33. The van der Waals surface area contributed by atoms with Gasteiger partial charge >= 0.3 is 0 Å². The van der Waals surface area contributed by atoms with Gasteiger partial charge in [-0.3, -0.25) is 0 Å². The standard InChI is InChI=1S/C12H16N2/c1-8-4-9(2)12(10(3)5-8)11(6-13)7-14/h4-5,11H,6,13H2,1-3H3. The number of aryl methyl sites for hydroxylation is 3. The van der Waals surface area contributed by atoms with E-state index in [-0.39, 0.29) is 5.92 Å². The molecule has 2 nitrogen and oxygen atoms in total. The molecule has 0 saturated carbocycles. The molecule has 0 bridgehead atoms. The maximum atomic E-state index is 8.97. The molecule has 74 valence electrons. The molecule has 2 heteroatoms. The van der Waals surface area contributed by atoms with E-state index >= 15 is 0 Å². The quantitative estimate of drug-likeness (QED) is 0.773. The number of nitriles is 1. The third-order valence-corrected chi connectivity index (χ3v) is 2.48. The summed E-state index contributed by atoms with van der Waals surface area (Å²) in [5, 5.41) is 8.97. The van der Waals surface area contributed by atoms with Gasteiger partial charge in [-0.2, -0.15) is 5.26 Å². The molecule has 0 aliphatic rings. The van der Waals surface area contributed by atoms with Crippen molar-refractivity contribution < 1.29 is 0 Å². The van der Waals surface area contributed by atoms with Gasteiger partial charge in [0.15, 0.2) is 0 Å². The zero-order valence-electron chi connectivity index (χ0n) is 8.96. The molecule has 0 aromatic heterocycles. The van der Waals surface area contributed by atoms with Crippen LogP contribution in [0.1, 0.15) is 28.2 Å². The first-order chi connectivity index (χ1) is 6.60. The zero-order valence-corrected chi connectivity index (χ0v) is 8.96. The number of nitrogens with zero attached hydrogens (tertiary/aromatic N) is 1. The third kappa shape index (κ3) is 1.94. The summed E-state index contributed by atoms with van der Waals surface area (Å²) in [7, 11) is 0. The summed E-state index contributed by atoms with van der Waals surface area (Å²) in [6, 6.07) is 6.44. The molecule has 0 amide bonds. The van der Waals surface area contributed by atoms with Crippen molar-refractivity contribution >= 4 is 0 Å². The minimum Gasteiger partial charge on any atom is -0.329 e. The first-order valence-corrected chi connectivity index (χ1v) is 4.77. The molecule has 14 heavy (non-hydrogen) atoms. The van der Waals surface area contributed by atoms with Gasteiger partial charge in [0.1, 0.15) is 0 Å². The lowest BCUT2D eigenvalue weighted by molar-refractivity contribution is 0.845. The Balaban J connectivity index is 3.28. The van der Waals surface area contributed by atoms with Crippen LogP contribution in [-0.2, 0) is 0 Å². The van der Waals surface area contributed by atoms with E-state index in [1.54, 1.807) is 0 Å². The molecule has 1 atom stereocenters. The van der Waals surface area contributed by atoms with Gasteiger partial charge in [0, 0.05) is 6.54 Å². The minimum atomic E-state index is -0.171. The normalized spacial score (nSPS) is 12.2. The summed E-state index contributed by atoms with van der Waals surface area (Å²) >= 11 is 0. The number of hydrogen-bond donors (Lipinski definition) is 1. The van der Waals surface area contributed by atoms with Crippen molar-refractivity contribution in [1.29, 1.82) is 5.26 Å². The Kier molecular flexibility index (Phi) is 3.27. The van der Waals surface area contributed by atoms with Gasteiger partial charge in [-0.15, -0.1) is 0 Å². The first kappa shape index (κ1) is 10.7. The monoisotopic (exact) mass is 188 g/mol. The summed E-state index contributed by atoms with van der Waals surface area (Å²) in [5.74, 6) is -0.171. The van der Waals surface area contributed by atoms with Crippen LogP contribution < -0.4 is 5.73 Å². The summed E-state index contributed by atoms with van der Waals surface area (Å²) in [6.07, 6.45) is 0. The Bertz CT molecular complexity index is 351. The highest BCUT2D eigenvalue weighted by Crippen LogP contribution is 2.23. The summed E-state index contributed by atoms with van der Waals surface area (Å²) < 4.78 is 0. The van der Waals surface area contributed by atoms with Crippen LogP contribution in [0.3, 0.4) is 0 Å². The van der Waals surface area contributed by atoms with Gasteiger partial charge in [0.2, 0.25) is 0 Å². The highest BCUT2D eigenvalue weighted by Gasteiger charge is 2.13. The van der Waals surface area contributed by atoms with E-state index in [2.05, 4.69) is 25.1 Å². The van der Waals surface area contributed by atoms with E-state index in [1.165, 1.54) is 16.7 Å². The van der Waals surface area contributed by atoms with Gasteiger partial charge in [-0.1, -0.05) is 17.7 Å². The van der Waals surface area contributed by atoms with Gasteiger partial charge in [0.25, 0.3) is 0 Å². The fraction of sp³-hybridized carbons (Fsp3) is 0.417. The molecule has 0 fully saturated rings. The highest BCUT2D eigenvalue weighted by atomic mass is 14.6. The van der Waals surface area contributed by atoms with Gasteiger partial charge in [0.05, 0.1) is 12.0 Å². The molecule has 1 aromatic rings. The second-order valence-corrected chi connectivity index (χ2v) is 3.73. The molecule has 0 heterocycles. The van der Waals surface area contributed by atoms with E-state index < -0.39 is 0 Å². The van der Waals surface area contributed by atoms with Crippen molar-refractivity contribution in [1.82, 2.24) is 0 Å². The largest absolute Gasteiger partial charge is 0.329 e. The number of rotatable bonds is 2. The van der Waals surface area contributed by atoms with Crippen molar-refractivity contribution in [2.45, 2.75) is 26.7 Å². The summed E-state index contributed by atoms with van der Waals surface area (Å²) in [5.41, 5.74) is 10.2. The molecular formula is C12H16N2. The van der Waals surface area contributed by atoms with Crippen LogP contribution in [0.5, 0.6) is 0 Å². The Labute approximate surface area is 85.4 Å². The van der Waals surface area contributed by atoms with E-state index in [4.69, 9.17) is 11.0 Å². The van der Waals surface area contributed by atoms with Crippen LogP contribution in [-0.4, -0.2) is 6.54 Å². The number of nitrogens with two attached hydrogens (primary N) is 1. The van der Waals surface area contributed by atoms with Crippen LogP contribution >= 0.6 is 0 Å². The lowest BCUT2D eigenvalue weighted by Gasteiger charge is -2.14. The van der Waals surface area contributed by atoms with E-state index in [9.17, 15) is 0 Å². The molecule has 0 aliphatic carbocycles. The third-order valence-electron chi connectivity index (χ3n) is 2.48. The molecule has 0 aliphatic heterocycles. The average Bonchev–Trinajstić information content (AvgIpc) is 2.10. The molecule has 0 radical (unpaired) electrons. The first-order valence-electron chi connectivity index (χ1n) is 4.77. The Morgan fingerprint density at radius 2 is 1.79 bits per heavy atom. The fourth-order valence-corrected chi connectivity index (χ4v) is 1.98. The zero-order chi connectivity index (χ0) is 10.7.